The lowest BCUT2D eigenvalue weighted by Crippen LogP contribution is -2.23. The lowest BCUT2D eigenvalue weighted by molar-refractivity contribution is 0.199. The summed E-state index contributed by atoms with van der Waals surface area (Å²) >= 11 is 5.72. The summed E-state index contributed by atoms with van der Waals surface area (Å²) in [6.45, 7) is 4.67. The van der Waals surface area contributed by atoms with Gasteiger partial charge in [-0.3, -0.25) is 0 Å². The molecule has 1 saturated carbocycles. The van der Waals surface area contributed by atoms with Crippen LogP contribution in [0.3, 0.4) is 0 Å². The molecule has 0 N–H and O–H groups in total. The van der Waals surface area contributed by atoms with Gasteiger partial charge in [0.05, 0.1) is 17.6 Å². The second kappa shape index (κ2) is 4.52. The van der Waals surface area contributed by atoms with E-state index in [0.29, 0.717) is 11.9 Å². The Morgan fingerprint density at radius 1 is 1.40 bits per heavy atom. The number of halogens is 1. The topological polar surface area (TPSA) is 30.7 Å². The molecule has 0 aliphatic heterocycles. The highest BCUT2D eigenvalue weighted by Gasteiger charge is 2.26. The summed E-state index contributed by atoms with van der Waals surface area (Å²) in [4.78, 5) is 0. The molecule has 3 nitrogen and oxygen atoms in total. The summed E-state index contributed by atoms with van der Waals surface area (Å²) < 4.78 is 2.00. The van der Waals surface area contributed by atoms with Gasteiger partial charge in [0.2, 0.25) is 0 Å². The van der Waals surface area contributed by atoms with Crippen molar-refractivity contribution in [1.82, 2.24) is 15.0 Å². The van der Waals surface area contributed by atoms with Gasteiger partial charge < -0.3 is 0 Å². The zero-order chi connectivity index (χ0) is 10.8. The molecule has 0 amide bonds. The number of nitrogens with zero attached hydrogens (tertiary/aromatic N) is 3. The van der Waals surface area contributed by atoms with Gasteiger partial charge in [-0.1, -0.05) is 19.1 Å². The molecule has 3 atom stereocenters. The van der Waals surface area contributed by atoms with Gasteiger partial charge in [-0.05, 0) is 31.1 Å². The Bertz CT molecular complexity index is 323. The van der Waals surface area contributed by atoms with Crippen molar-refractivity contribution in [3.63, 3.8) is 0 Å². The van der Waals surface area contributed by atoms with Crippen molar-refractivity contribution in [2.75, 3.05) is 0 Å². The maximum atomic E-state index is 5.72. The van der Waals surface area contributed by atoms with Crippen molar-refractivity contribution >= 4 is 11.6 Å². The van der Waals surface area contributed by atoms with Crippen LogP contribution >= 0.6 is 11.6 Å². The van der Waals surface area contributed by atoms with E-state index in [4.69, 9.17) is 11.6 Å². The molecular formula is C11H18ClN3. The zero-order valence-corrected chi connectivity index (χ0v) is 10.1. The van der Waals surface area contributed by atoms with Crippen LogP contribution in [0, 0.1) is 11.8 Å². The van der Waals surface area contributed by atoms with E-state index in [9.17, 15) is 0 Å². The van der Waals surface area contributed by atoms with E-state index in [1.807, 2.05) is 10.9 Å². The average molecular weight is 228 g/mol. The Hall–Kier alpha value is -0.570. The maximum absolute atomic E-state index is 5.72. The number of aromatic nitrogens is 3. The molecule has 4 heteroatoms. The molecule has 1 aliphatic rings. The fourth-order valence-electron chi connectivity index (χ4n) is 2.31. The molecule has 1 aromatic heterocycles. The number of hydrogen-bond acceptors (Lipinski definition) is 2. The molecule has 15 heavy (non-hydrogen) atoms. The van der Waals surface area contributed by atoms with E-state index in [2.05, 4.69) is 24.2 Å². The average Bonchev–Trinajstić information content (AvgIpc) is 2.70. The second-order valence-electron chi connectivity index (χ2n) is 4.74. The third kappa shape index (κ3) is 2.33. The van der Waals surface area contributed by atoms with Crippen molar-refractivity contribution in [3.8, 4) is 0 Å². The smallest absolute Gasteiger partial charge is 0.0974 e. The van der Waals surface area contributed by atoms with Crippen LogP contribution < -0.4 is 0 Å². The van der Waals surface area contributed by atoms with Crippen molar-refractivity contribution in [1.29, 1.82) is 0 Å². The lowest BCUT2D eigenvalue weighted by atomic mass is 9.79. The van der Waals surface area contributed by atoms with Crippen LogP contribution in [0.1, 0.15) is 44.8 Å². The van der Waals surface area contributed by atoms with Crippen LogP contribution in [0.5, 0.6) is 0 Å². The summed E-state index contributed by atoms with van der Waals surface area (Å²) in [5.41, 5.74) is 0.878. The molecule has 0 radical (unpaired) electrons. The minimum absolute atomic E-state index is 0.457. The van der Waals surface area contributed by atoms with E-state index in [-0.39, 0.29) is 0 Å². The Morgan fingerprint density at radius 3 is 2.80 bits per heavy atom. The Labute approximate surface area is 95.8 Å². The first-order valence-electron chi connectivity index (χ1n) is 5.67. The molecule has 1 aromatic rings. The highest BCUT2D eigenvalue weighted by molar-refractivity contribution is 6.16. The fraction of sp³-hybridized carbons (Fsp3) is 0.818. The van der Waals surface area contributed by atoms with Crippen LogP contribution in [0.15, 0.2) is 6.20 Å². The minimum atomic E-state index is 0.457. The van der Waals surface area contributed by atoms with Gasteiger partial charge in [0.25, 0.3) is 0 Å². The van der Waals surface area contributed by atoms with Crippen molar-refractivity contribution < 1.29 is 0 Å². The van der Waals surface area contributed by atoms with Crippen LogP contribution in [0.25, 0.3) is 0 Å². The van der Waals surface area contributed by atoms with Gasteiger partial charge in [0.1, 0.15) is 0 Å². The molecule has 1 fully saturated rings. The van der Waals surface area contributed by atoms with Crippen LogP contribution in [-0.2, 0) is 5.88 Å². The van der Waals surface area contributed by atoms with E-state index in [1.54, 1.807) is 0 Å². The van der Waals surface area contributed by atoms with E-state index < -0.39 is 0 Å². The number of alkyl halides is 1. The SMILES string of the molecule is CC1CCC(n2cc(CCl)nn2)CC1C. The molecule has 1 heterocycles. The highest BCUT2D eigenvalue weighted by Crippen LogP contribution is 2.35. The zero-order valence-electron chi connectivity index (χ0n) is 9.36. The van der Waals surface area contributed by atoms with Crippen molar-refractivity contribution in [2.45, 2.75) is 45.0 Å². The van der Waals surface area contributed by atoms with Crippen LogP contribution in [0.4, 0.5) is 0 Å². The number of rotatable bonds is 2. The van der Waals surface area contributed by atoms with Gasteiger partial charge in [0.15, 0.2) is 0 Å². The van der Waals surface area contributed by atoms with E-state index in [1.165, 1.54) is 19.3 Å². The normalized spacial score (nSPS) is 31.8. The van der Waals surface area contributed by atoms with Crippen LogP contribution in [-0.4, -0.2) is 15.0 Å². The van der Waals surface area contributed by atoms with Crippen LogP contribution in [0.2, 0.25) is 0 Å². The Balaban J connectivity index is 2.05. The molecule has 3 unspecified atom stereocenters. The Kier molecular flexibility index (Phi) is 3.29. The third-order valence-electron chi connectivity index (χ3n) is 3.64. The van der Waals surface area contributed by atoms with Gasteiger partial charge in [-0.15, -0.1) is 16.7 Å². The lowest BCUT2D eigenvalue weighted by Gasteiger charge is -2.31. The minimum Gasteiger partial charge on any atom is -0.249 e. The molecule has 0 spiro atoms. The van der Waals surface area contributed by atoms with Gasteiger partial charge in [-0.2, -0.15) is 0 Å². The first-order chi connectivity index (χ1) is 7.20. The maximum Gasteiger partial charge on any atom is 0.0974 e. The largest absolute Gasteiger partial charge is 0.249 e. The van der Waals surface area contributed by atoms with Gasteiger partial charge in [-0.25, -0.2) is 4.68 Å². The van der Waals surface area contributed by atoms with E-state index >= 15 is 0 Å². The molecule has 0 saturated heterocycles. The molecule has 0 aromatic carbocycles. The molecular weight excluding hydrogens is 210 g/mol. The second-order valence-corrected chi connectivity index (χ2v) is 5.01. The number of hydrogen-bond donors (Lipinski definition) is 0. The van der Waals surface area contributed by atoms with Gasteiger partial charge >= 0.3 is 0 Å². The Morgan fingerprint density at radius 2 is 2.20 bits per heavy atom. The summed E-state index contributed by atoms with van der Waals surface area (Å²) in [5.74, 6) is 2.09. The predicted molar refractivity (Wildman–Crippen MR) is 60.8 cm³/mol. The third-order valence-corrected chi connectivity index (χ3v) is 3.91. The molecule has 84 valence electrons. The monoisotopic (exact) mass is 227 g/mol. The summed E-state index contributed by atoms with van der Waals surface area (Å²) in [5, 5.41) is 8.19. The summed E-state index contributed by atoms with van der Waals surface area (Å²) in [7, 11) is 0. The first kappa shape index (κ1) is 10.9. The first-order valence-corrected chi connectivity index (χ1v) is 6.21. The fourth-order valence-corrected chi connectivity index (χ4v) is 2.43. The van der Waals surface area contributed by atoms with E-state index in [0.717, 1.165) is 17.5 Å². The van der Waals surface area contributed by atoms with Crippen molar-refractivity contribution in [2.24, 2.45) is 11.8 Å². The summed E-state index contributed by atoms with van der Waals surface area (Å²) in [6, 6.07) is 0.528. The predicted octanol–water partition coefficient (Wildman–Crippen LogP) is 3.01. The summed E-state index contributed by atoms with van der Waals surface area (Å²) in [6.07, 6.45) is 5.71. The van der Waals surface area contributed by atoms with Crippen molar-refractivity contribution in [3.05, 3.63) is 11.9 Å². The highest BCUT2D eigenvalue weighted by atomic mass is 35.5. The quantitative estimate of drug-likeness (QED) is 0.728. The molecule has 2 rings (SSSR count). The molecule has 0 bridgehead atoms. The molecule has 1 aliphatic carbocycles. The van der Waals surface area contributed by atoms with Gasteiger partial charge in [0, 0.05) is 6.20 Å². The standard InChI is InChI=1S/C11H18ClN3/c1-8-3-4-11(5-9(8)2)15-7-10(6-12)13-14-15/h7-9,11H,3-6H2,1-2H3.